The lowest BCUT2D eigenvalue weighted by Gasteiger charge is -2.23. The van der Waals surface area contributed by atoms with E-state index in [2.05, 4.69) is 13.8 Å². The second-order valence-electron chi connectivity index (χ2n) is 8.25. The number of esters is 1. The highest BCUT2D eigenvalue weighted by Gasteiger charge is 2.27. The topological polar surface area (TPSA) is 63.6 Å². The minimum Gasteiger partial charge on any atom is -0.481 e. The summed E-state index contributed by atoms with van der Waals surface area (Å²) in [6, 6.07) is 0. The van der Waals surface area contributed by atoms with Gasteiger partial charge >= 0.3 is 11.9 Å². The number of unbranched alkanes of at least 4 members (excludes halogenated alkanes) is 8. The molecule has 4 heteroatoms. The van der Waals surface area contributed by atoms with Crippen LogP contribution in [0.4, 0.5) is 0 Å². The first kappa shape index (κ1) is 26.9. The first-order valence-electron chi connectivity index (χ1n) is 11.9. The standard InChI is InChI=1S/C24H46O4/c1-5-9-11-13-15-17-22(18-16-14-12-10-6-2)28-24(27)21(8-4)19-20(7-3)23(25)26/h20-22H,5-19H2,1-4H3,(H,25,26). The largest absolute Gasteiger partial charge is 0.481 e. The molecule has 0 aliphatic rings. The van der Waals surface area contributed by atoms with Gasteiger partial charge in [-0.2, -0.15) is 0 Å². The monoisotopic (exact) mass is 398 g/mol. The molecule has 0 radical (unpaired) electrons. The molecule has 0 spiro atoms. The number of carboxylic acids is 1. The highest BCUT2D eigenvalue weighted by atomic mass is 16.5. The summed E-state index contributed by atoms with van der Waals surface area (Å²) in [5.41, 5.74) is 0. The number of ether oxygens (including phenoxy) is 1. The Morgan fingerprint density at radius 2 is 1.18 bits per heavy atom. The SMILES string of the molecule is CCCCCCCC(CCCCCCC)OC(=O)C(CC)CC(CC)C(=O)O. The van der Waals surface area contributed by atoms with E-state index in [4.69, 9.17) is 4.74 Å². The van der Waals surface area contributed by atoms with Gasteiger partial charge in [-0.1, -0.05) is 79.1 Å². The quantitative estimate of drug-likeness (QED) is 0.185. The minimum atomic E-state index is -0.808. The van der Waals surface area contributed by atoms with Crippen LogP contribution in [0.5, 0.6) is 0 Å². The average Bonchev–Trinajstić information content (AvgIpc) is 2.67. The summed E-state index contributed by atoms with van der Waals surface area (Å²) in [6.07, 6.45) is 15.6. The van der Waals surface area contributed by atoms with Gasteiger partial charge in [-0.3, -0.25) is 9.59 Å². The first-order chi connectivity index (χ1) is 13.5. The molecule has 28 heavy (non-hydrogen) atoms. The van der Waals surface area contributed by atoms with E-state index in [-0.39, 0.29) is 18.0 Å². The zero-order valence-electron chi connectivity index (χ0n) is 19.0. The molecule has 0 saturated heterocycles. The van der Waals surface area contributed by atoms with E-state index in [0.29, 0.717) is 19.3 Å². The van der Waals surface area contributed by atoms with Crippen LogP contribution in [-0.2, 0) is 14.3 Å². The molecule has 0 fully saturated rings. The van der Waals surface area contributed by atoms with Crippen molar-refractivity contribution in [3.05, 3.63) is 0 Å². The minimum absolute atomic E-state index is 0.00490. The van der Waals surface area contributed by atoms with Gasteiger partial charge in [-0.05, 0) is 44.9 Å². The normalized spacial score (nSPS) is 13.5. The fourth-order valence-electron chi connectivity index (χ4n) is 3.69. The molecule has 0 saturated carbocycles. The molecule has 166 valence electrons. The lowest BCUT2D eigenvalue weighted by molar-refractivity contribution is -0.156. The van der Waals surface area contributed by atoms with Crippen LogP contribution in [0.3, 0.4) is 0 Å². The molecule has 0 aliphatic heterocycles. The smallest absolute Gasteiger partial charge is 0.309 e. The highest BCUT2D eigenvalue weighted by molar-refractivity contribution is 5.75. The fourth-order valence-corrected chi connectivity index (χ4v) is 3.69. The van der Waals surface area contributed by atoms with Crippen molar-refractivity contribution in [2.75, 3.05) is 0 Å². The molecule has 2 atom stereocenters. The number of aliphatic carboxylic acids is 1. The van der Waals surface area contributed by atoms with Gasteiger partial charge in [-0.25, -0.2) is 0 Å². The molecule has 0 aromatic heterocycles. The number of carbonyl (C=O) groups excluding carboxylic acids is 1. The fraction of sp³-hybridized carbons (Fsp3) is 0.917. The van der Waals surface area contributed by atoms with Crippen molar-refractivity contribution in [1.29, 1.82) is 0 Å². The van der Waals surface area contributed by atoms with Gasteiger partial charge in [0.15, 0.2) is 0 Å². The van der Waals surface area contributed by atoms with Crippen LogP contribution in [0.15, 0.2) is 0 Å². The lowest BCUT2D eigenvalue weighted by Crippen LogP contribution is -2.27. The van der Waals surface area contributed by atoms with E-state index in [1.807, 2.05) is 13.8 Å². The van der Waals surface area contributed by atoms with Crippen molar-refractivity contribution in [2.24, 2.45) is 11.8 Å². The zero-order chi connectivity index (χ0) is 21.2. The Morgan fingerprint density at radius 1 is 0.714 bits per heavy atom. The number of carboxylic acid groups (broad SMARTS) is 1. The Bertz CT molecular complexity index is 380. The van der Waals surface area contributed by atoms with E-state index in [9.17, 15) is 14.7 Å². The van der Waals surface area contributed by atoms with Crippen molar-refractivity contribution in [3.8, 4) is 0 Å². The summed E-state index contributed by atoms with van der Waals surface area (Å²) >= 11 is 0. The third-order valence-corrected chi connectivity index (χ3v) is 5.78. The number of hydrogen-bond donors (Lipinski definition) is 1. The van der Waals surface area contributed by atoms with Crippen LogP contribution in [0.2, 0.25) is 0 Å². The molecule has 0 rings (SSSR count). The second-order valence-corrected chi connectivity index (χ2v) is 8.25. The summed E-state index contributed by atoms with van der Waals surface area (Å²) in [5.74, 6) is -1.76. The van der Waals surface area contributed by atoms with Crippen LogP contribution < -0.4 is 0 Å². The third kappa shape index (κ3) is 13.2. The van der Waals surface area contributed by atoms with Gasteiger partial charge in [0, 0.05) is 0 Å². The number of rotatable bonds is 19. The van der Waals surface area contributed by atoms with Crippen molar-refractivity contribution in [1.82, 2.24) is 0 Å². The van der Waals surface area contributed by atoms with Gasteiger partial charge in [0.2, 0.25) is 0 Å². The summed E-state index contributed by atoms with van der Waals surface area (Å²) in [6.45, 7) is 8.25. The van der Waals surface area contributed by atoms with Crippen LogP contribution >= 0.6 is 0 Å². The molecule has 0 heterocycles. The Hall–Kier alpha value is -1.06. The van der Waals surface area contributed by atoms with Crippen LogP contribution in [0.1, 0.15) is 124 Å². The van der Waals surface area contributed by atoms with Crippen LogP contribution in [0, 0.1) is 11.8 Å². The molecular formula is C24H46O4. The van der Waals surface area contributed by atoms with Crippen LogP contribution in [-0.4, -0.2) is 23.1 Å². The molecule has 0 aliphatic carbocycles. The predicted molar refractivity (Wildman–Crippen MR) is 116 cm³/mol. The van der Waals surface area contributed by atoms with Gasteiger partial charge in [-0.15, -0.1) is 0 Å². The van der Waals surface area contributed by atoms with E-state index in [1.165, 1.54) is 51.4 Å². The number of hydrogen-bond acceptors (Lipinski definition) is 3. The van der Waals surface area contributed by atoms with Gasteiger partial charge in [0.05, 0.1) is 11.8 Å². The van der Waals surface area contributed by atoms with Crippen molar-refractivity contribution < 1.29 is 19.4 Å². The summed E-state index contributed by atoms with van der Waals surface area (Å²) in [5, 5.41) is 9.30. The Balaban J connectivity index is 4.61. The molecule has 2 unspecified atom stereocenters. The van der Waals surface area contributed by atoms with Crippen molar-refractivity contribution >= 4 is 11.9 Å². The summed E-state index contributed by atoms with van der Waals surface area (Å²) in [7, 11) is 0. The third-order valence-electron chi connectivity index (χ3n) is 5.78. The zero-order valence-corrected chi connectivity index (χ0v) is 19.0. The van der Waals surface area contributed by atoms with E-state index in [1.54, 1.807) is 0 Å². The van der Waals surface area contributed by atoms with E-state index >= 15 is 0 Å². The maximum absolute atomic E-state index is 12.7. The molecular weight excluding hydrogens is 352 g/mol. The molecule has 0 aromatic rings. The van der Waals surface area contributed by atoms with Crippen molar-refractivity contribution in [2.45, 2.75) is 130 Å². The molecule has 0 amide bonds. The highest BCUT2D eigenvalue weighted by Crippen LogP contribution is 2.23. The molecule has 0 aromatic carbocycles. The van der Waals surface area contributed by atoms with Gasteiger partial charge in [0.1, 0.15) is 6.10 Å². The lowest BCUT2D eigenvalue weighted by atomic mass is 9.91. The maximum Gasteiger partial charge on any atom is 0.309 e. The van der Waals surface area contributed by atoms with Gasteiger partial charge < -0.3 is 9.84 Å². The summed E-state index contributed by atoms with van der Waals surface area (Å²) in [4.78, 5) is 24.0. The van der Waals surface area contributed by atoms with E-state index in [0.717, 1.165) is 25.7 Å². The Labute approximate surface area is 173 Å². The Kier molecular flexibility index (Phi) is 17.3. The predicted octanol–water partition coefficient (Wildman–Crippen LogP) is 7.15. The van der Waals surface area contributed by atoms with Gasteiger partial charge in [0.25, 0.3) is 0 Å². The van der Waals surface area contributed by atoms with Crippen molar-refractivity contribution in [3.63, 3.8) is 0 Å². The molecule has 0 bridgehead atoms. The molecule has 1 N–H and O–H groups in total. The maximum atomic E-state index is 12.7. The first-order valence-corrected chi connectivity index (χ1v) is 11.9. The average molecular weight is 399 g/mol. The second kappa shape index (κ2) is 18.0. The summed E-state index contributed by atoms with van der Waals surface area (Å²) < 4.78 is 5.91. The number of carbonyl (C=O) groups is 2. The van der Waals surface area contributed by atoms with Crippen LogP contribution in [0.25, 0.3) is 0 Å². The van der Waals surface area contributed by atoms with E-state index < -0.39 is 11.9 Å². The Morgan fingerprint density at radius 3 is 1.57 bits per heavy atom. The molecule has 4 nitrogen and oxygen atoms in total.